The standard InChI is InChI=1S/C27H26N4O3/c1-34-23-14-8-7-13-22(23)30-27(33)28-17-24(32)31-16-15-20-19-11-5-6-12-21(19)29-25(20)26(31)18-9-3-2-4-10-18/h2-14,26,29H,15-17H2,1H3,(H2,28,30,33). The summed E-state index contributed by atoms with van der Waals surface area (Å²) in [5, 5.41) is 6.63. The molecule has 4 aromatic rings. The van der Waals surface area contributed by atoms with E-state index in [1.807, 2.05) is 53.4 Å². The smallest absolute Gasteiger partial charge is 0.319 e. The Labute approximate surface area is 197 Å². The molecule has 34 heavy (non-hydrogen) atoms. The number of carbonyl (C=O) groups excluding carboxylic acids is 2. The van der Waals surface area contributed by atoms with E-state index in [0.29, 0.717) is 18.0 Å². The van der Waals surface area contributed by atoms with Gasteiger partial charge in [-0.2, -0.15) is 0 Å². The Balaban J connectivity index is 1.36. The number of hydrogen-bond acceptors (Lipinski definition) is 3. The number of rotatable bonds is 5. The average Bonchev–Trinajstić information content (AvgIpc) is 3.26. The van der Waals surface area contributed by atoms with E-state index in [1.54, 1.807) is 25.3 Å². The highest BCUT2D eigenvalue weighted by Crippen LogP contribution is 2.38. The quantitative estimate of drug-likeness (QED) is 0.416. The molecule has 3 aromatic carbocycles. The maximum absolute atomic E-state index is 13.3. The number of urea groups is 1. The number of para-hydroxylation sites is 3. The molecule has 7 nitrogen and oxygen atoms in total. The molecule has 3 N–H and O–H groups in total. The molecule has 1 aliphatic heterocycles. The zero-order valence-corrected chi connectivity index (χ0v) is 18.9. The number of H-pyrrole nitrogens is 1. The Hall–Kier alpha value is -4.26. The molecular formula is C27H26N4O3. The predicted molar refractivity (Wildman–Crippen MR) is 132 cm³/mol. The molecule has 1 aromatic heterocycles. The van der Waals surface area contributed by atoms with Crippen molar-refractivity contribution in [3.05, 3.63) is 95.7 Å². The van der Waals surface area contributed by atoms with Crippen molar-refractivity contribution >= 4 is 28.5 Å². The van der Waals surface area contributed by atoms with Crippen LogP contribution in [0.5, 0.6) is 5.75 Å². The SMILES string of the molecule is COc1ccccc1NC(=O)NCC(=O)N1CCc2c([nH]c3ccccc23)C1c1ccccc1. The first kappa shape index (κ1) is 21.6. The van der Waals surface area contributed by atoms with E-state index in [-0.39, 0.29) is 18.5 Å². The number of nitrogens with zero attached hydrogens (tertiary/aromatic N) is 1. The molecule has 1 unspecified atom stereocenters. The van der Waals surface area contributed by atoms with Crippen molar-refractivity contribution in [1.29, 1.82) is 0 Å². The first-order valence-corrected chi connectivity index (χ1v) is 11.3. The lowest BCUT2D eigenvalue weighted by Crippen LogP contribution is -2.46. The van der Waals surface area contributed by atoms with Gasteiger partial charge in [0.2, 0.25) is 5.91 Å². The molecule has 1 aliphatic rings. The number of methoxy groups -OCH3 is 1. The number of benzene rings is 3. The van der Waals surface area contributed by atoms with Gasteiger partial charge in [0.15, 0.2) is 0 Å². The van der Waals surface area contributed by atoms with Gasteiger partial charge < -0.3 is 25.3 Å². The van der Waals surface area contributed by atoms with Crippen LogP contribution in [0.4, 0.5) is 10.5 Å². The van der Waals surface area contributed by atoms with Gasteiger partial charge in [0.1, 0.15) is 5.75 Å². The first-order valence-electron chi connectivity index (χ1n) is 11.3. The molecule has 0 saturated carbocycles. The number of carbonyl (C=O) groups is 2. The van der Waals surface area contributed by atoms with Gasteiger partial charge >= 0.3 is 6.03 Å². The molecule has 0 spiro atoms. The van der Waals surface area contributed by atoms with Crippen molar-refractivity contribution in [2.24, 2.45) is 0 Å². The van der Waals surface area contributed by atoms with Gasteiger partial charge in [0.25, 0.3) is 0 Å². The van der Waals surface area contributed by atoms with E-state index >= 15 is 0 Å². The van der Waals surface area contributed by atoms with E-state index in [9.17, 15) is 9.59 Å². The lowest BCUT2D eigenvalue weighted by molar-refractivity contribution is -0.132. The number of nitrogens with one attached hydrogen (secondary N) is 3. The Morgan fingerprint density at radius 1 is 1.00 bits per heavy atom. The maximum atomic E-state index is 13.3. The fraction of sp³-hybridized carbons (Fsp3) is 0.185. The van der Waals surface area contributed by atoms with Gasteiger partial charge in [-0.05, 0) is 35.7 Å². The van der Waals surface area contributed by atoms with Crippen LogP contribution in [0.2, 0.25) is 0 Å². The Bertz CT molecular complexity index is 1330. The molecule has 0 saturated heterocycles. The second-order valence-corrected chi connectivity index (χ2v) is 8.22. The minimum absolute atomic E-state index is 0.111. The monoisotopic (exact) mass is 454 g/mol. The van der Waals surface area contributed by atoms with Crippen LogP contribution in [0.15, 0.2) is 78.9 Å². The van der Waals surface area contributed by atoms with Gasteiger partial charge in [0, 0.05) is 23.1 Å². The van der Waals surface area contributed by atoms with Crippen LogP contribution in [0.3, 0.4) is 0 Å². The molecule has 0 radical (unpaired) electrons. The Kier molecular flexibility index (Phi) is 5.91. The highest BCUT2D eigenvalue weighted by atomic mass is 16.5. The number of fused-ring (bicyclic) bond motifs is 3. The molecular weight excluding hydrogens is 428 g/mol. The number of anilines is 1. The second kappa shape index (κ2) is 9.31. The third kappa shape index (κ3) is 4.08. The van der Waals surface area contributed by atoms with Crippen LogP contribution >= 0.6 is 0 Å². The summed E-state index contributed by atoms with van der Waals surface area (Å²) < 4.78 is 5.27. The molecule has 2 heterocycles. The minimum Gasteiger partial charge on any atom is -0.495 e. The molecule has 3 amide bonds. The van der Waals surface area contributed by atoms with E-state index < -0.39 is 6.03 Å². The van der Waals surface area contributed by atoms with Crippen LogP contribution in [-0.2, 0) is 11.2 Å². The number of aromatic amines is 1. The summed E-state index contributed by atoms with van der Waals surface area (Å²) in [5.74, 6) is 0.406. The second-order valence-electron chi connectivity index (χ2n) is 8.22. The van der Waals surface area contributed by atoms with Gasteiger partial charge in [-0.15, -0.1) is 0 Å². The lowest BCUT2D eigenvalue weighted by atomic mass is 9.92. The van der Waals surface area contributed by atoms with Gasteiger partial charge in [0.05, 0.1) is 25.4 Å². The fourth-order valence-corrected chi connectivity index (χ4v) is 4.66. The zero-order valence-electron chi connectivity index (χ0n) is 18.9. The number of amides is 3. The molecule has 0 fully saturated rings. The third-order valence-electron chi connectivity index (χ3n) is 6.23. The highest BCUT2D eigenvalue weighted by molar-refractivity contribution is 5.94. The maximum Gasteiger partial charge on any atom is 0.319 e. The van der Waals surface area contributed by atoms with Gasteiger partial charge in [-0.1, -0.05) is 60.7 Å². The van der Waals surface area contributed by atoms with Crippen LogP contribution in [-0.4, -0.2) is 42.0 Å². The van der Waals surface area contributed by atoms with E-state index in [4.69, 9.17) is 4.74 Å². The Morgan fingerprint density at radius 2 is 1.74 bits per heavy atom. The van der Waals surface area contributed by atoms with E-state index in [0.717, 1.165) is 23.2 Å². The number of hydrogen-bond donors (Lipinski definition) is 3. The van der Waals surface area contributed by atoms with Crippen molar-refractivity contribution < 1.29 is 14.3 Å². The molecule has 172 valence electrons. The van der Waals surface area contributed by atoms with E-state index in [1.165, 1.54) is 10.9 Å². The zero-order chi connectivity index (χ0) is 23.5. The van der Waals surface area contributed by atoms with E-state index in [2.05, 4.69) is 27.8 Å². The molecule has 5 rings (SSSR count). The highest BCUT2D eigenvalue weighted by Gasteiger charge is 2.34. The normalized spacial score (nSPS) is 15.0. The van der Waals surface area contributed by atoms with Crippen molar-refractivity contribution in [2.75, 3.05) is 25.5 Å². The summed E-state index contributed by atoms with van der Waals surface area (Å²) in [6, 6.07) is 24.6. The number of ether oxygens (including phenoxy) is 1. The topological polar surface area (TPSA) is 86.5 Å². The predicted octanol–water partition coefficient (Wildman–Crippen LogP) is 4.47. The lowest BCUT2D eigenvalue weighted by Gasteiger charge is -2.36. The average molecular weight is 455 g/mol. The van der Waals surface area contributed by atoms with Crippen LogP contribution in [0, 0.1) is 0 Å². The van der Waals surface area contributed by atoms with Gasteiger partial charge in [-0.3, -0.25) is 4.79 Å². The third-order valence-corrected chi connectivity index (χ3v) is 6.23. The summed E-state index contributed by atoms with van der Waals surface area (Å²) >= 11 is 0. The molecule has 1 atom stereocenters. The summed E-state index contributed by atoms with van der Waals surface area (Å²) in [7, 11) is 1.54. The first-order chi connectivity index (χ1) is 16.7. The fourth-order valence-electron chi connectivity index (χ4n) is 4.66. The van der Waals surface area contributed by atoms with Gasteiger partial charge in [-0.25, -0.2) is 4.79 Å². The summed E-state index contributed by atoms with van der Waals surface area (Å²) in [4.78, 5) is 31.2. The van der Waals surface area contributed by atoms with Crippen molar-refractivity contribution in [2.45, 2.75) is 12.5 Å². The van der Waals surface area contributed by atoms with Crippen LogP contribution < -0.4 is 15.4 Å². The summed E-state index contributed by atoms with van der Waals surface area (Å²) in [6.07, 6.45) is 0.752. The Morgan fingerprint density at radius 3 is 2.56 bits per heavy atom. The largest absolute Gasteiger partial charge is 0.495 e. The minimum atomic E-state index is -0.461. The van der Waals surface area contributed by atoms with Crippen molar-refractivity contribution in [3.63, 3.8) is 0 Å². The number of aromatic nitrogens is 1. The molecule has 0 bridgehead atoms. The van der Waals surface area contributed by atoms with Crippen molar-refractivity contribution in [1.82, 2.24) is 15.2 Å². The summed E-state index contributed by atoms with van der Waals surface area (Å²) in [5.41, 5.74) is 4.91. The summed E-state index contributed by atoms with van der Waals surface area (Å²) in [6.45, 7) is 0.461. The van der Waals surface area contributed by atoms with Crippen LogP contribution in [0.1, 0.15) is 22.9 Å². The molecule has 0 aliphatic carbocycles. The van der Waals surface area contributed by atoms with Crippen molar-refractivity contribution in [3.8, 4) is 5.75 Å². The van der Waals surface area contributed by atoms with Crippen LogP contribution in [0.25, 0.3) is 10.9 Å². The molecule has 7 heteroatoms.